The van der Waals surface area contributed by atoms with E-state index in [1.165, 1.54) is 24.3 Å². The quantitative estimate of drug-likeness (QED) is 0.0951. The minimum atomic E-state index is -1.19. The number of anilines is 3. The lowest BCUT2D eigenvalue weighted by Crippen LogP contribution is -2.73. The second-order valence-corrected chi connectivity index (χ2v) is 20.1. The van der Waals surface area contributed by atoms with Crippen LogP contribution in [0.15, 0.2) is 91.3 Å². The van der Waals surface area contributed by atoms with Gasteiger partial charge in [-0.3, -0.25) is 33.9 Å². The molecule has 5 amide bonds. The fraction of sp³-hybridized carbons (Fsp3) is 0.404. The molecular formula is C52H57FN8O7. The fourth-order valence-corrected chi connectivity index (χ4v) is 9.45. The van der Waals surface area contributed by atoms with E-state index in [1.54, 1.807) is 43.6 Å². The second-order valence-electron chi connectivity index (χ2n) is 20.1. The van der Waals surface area contributed by atoms with Crippen LogP contribution < -0.4 is 30.3 Å². The van der Waals surface area contributed by atoms with Crippen molar-refractivity contribution in [2.75, 3.05) is 61.9 Å². The summed E-state index contributed by atoms with van der Waals surface area (Å²) in [5, 5.41) is 9.24. The Bertz CT molecular complexity index is 2740. The van der Waals surface area contributed by atoms with Gasteiger partial charge >= 0.3 is 0 Å². The van der Waals surface area contributed by atoms with Crippen molar-refractivity contribution >= 4 is 57.5 Å². The van der Waals surface area contributed by atoms with Gasteiger partial charge in [0.15, 0.2) is 0 Å². The number of likely N-dealkylation sites (tertiary alicyclic amines) is 2. The SMILES string of the molecule is COc1cc2c(Oc3ccc(NC(=O)C4(C(=O)Nc5ccc(F)cc5)CC4)cc3)ccnc2cc1-c1ccc(N2CC3(CN(C(=O)CCC(=O)N[C@H](C(=O)N4CC[C@@H](C)C4)C(C)(C)C)C3)C2)cn1. The van der Waals surface area contributed by atoms with Crippen LogP contribution >= 0.6 is 0 Å². The number of hydrogen-bond acceptors (Lipinski definition) is 10. The molecule has 0 bridgehead atoms. The summed E-state index contributed by atoms with van der Waals surface area (Å²) < 4.78 is 25.5. The predicted octanol–water partition coefficient (Wildman–Crippen LogP) is 7.42. The number of carbonyl (C=O) groups excluding carboxylic acids is 5. The third-order valence-corrected chi connectivity index (χ3v) is 13.7. The van der Waals surface area contributed by atoms with Gasteiger partial charge < -0.3 is 40.1 Å². The van der Waals surface area contributed by atoms with Gasteiger partial charge in [-0.2, -0.15) is 0 Å². The summed E-state index contributed by atoms with van der Waals surface area (Å²) in [4.78, 5) is 81.0. The standard InChI is InChI=1S/C52H57FN8O7/c1-32-19-23-59(27-32)47(64)46(50(2,3)4)58-44(62)16-17-45(63)61-30-51(31-61)28-60(29-51)36-12-15-40(55-26-36)38-24-41-39(25-43(38)67-5)42(18-22-54-41)68-37-13-10-35(11-14-37)57-49(66)52(20-21-52)48(65)56-34-8-6-33(53)7-9-34/h6-15,18,22,24-26,32,46H,16-17,19-21,23,27-31H2,1-5H3,(H,56,65)(H,57,66)(H,58,62)/t32-,46-/m1/s1. The molecule has 3 aromatic carbocycles. The molecule has 3 N–H and O–H groups in total. The van der Waals surface area contributed by atoms with Crippen LogP contribution in [0, 0.1) is 28.0 Å². The van der Waals surface area contributed by atoms with Crippen LogP contribution in [0.5, 0.6) is 17.2 Å². The first kappa shape index (κ1) is 46.0. The van der Waals surface area contributed by atoms with Crippen molar-refractivity contribution in [3.63, 3.8) is 0 Å². The van der Waals surface area contributed by atoms with Crippen molar-refractivity contribution in [1.82, 2.24) is 25.1 Å². The molecule has 0 radical (unpaired) electrons. The van der Waals surface area contributed by atoms with Gasteiger partial charge in [-0.25, -0.2) is 4.39 Å². The number of pyridine rings is 2. The van der Waals surface area contributed by atoms with Crippen LogP contribution in [0.25, 0.3) is 22.2 Å². The van der Waals surface area contributed by atoms with Crippen LogP contribution in [0.3, 0.4) is 0 Å². The van der Waals surface area contributed by atoms with Crippen LogP contribution in [-0.2, 0) is 24.0 Å². The van der Waals surface area contributed by atoms with Crippen molar-refractivity contribution < 1.29 is 37.8 Å². The van der Waals surface area contributed by atoms with Crippen molar-refractivity contribution in [2.45, 2.75) is 65.8 Å². The highest BCUT2D eigenvalue weighted by molar-refractivity contribution is 6.17. The van der Waals surface area contributed by atoms with Crippen LogP contribution in [0.1, 0.15) is 59.8 Å². The maximum Gasteiger partial charge on any atom is 0.245 e. The van der Waals surface area contributed by atoms with Crippen LogP contribution in [0.4, 0.5) is 21.5 Å². The number of nitrogens with one attached hydrogen (secondary N) is 3. The van der Waals surface area contributed by atoms with E-state index in [2.05, 4.69) is 32.8 Å². The summed E-state index contributed by atoms with van der Waals surface area (Å²) in [5.74, 6) is 0.476. The molecule has 15 nitrogen and oxygen atoms in total. The maximum absolute atomic E-state index is 13.3. The molecule has 3 aliphatic heterocycles. The van der Waals surface area contributed by atoms with Crippen LogP contribution in [-0.4, -0.2) is 102 Å². The van der Waals surface area contributed by atoms with Crippen molar-refractivity contribution in [3.05, 3.63) is 97.1 Å². The zero-order chi connectivity index (χ0) is 48.0. The molecule has 3 saturated heterocycles. The van der Waals surface area contributed by atoms with Gasteiger partial charge in [0, 0.05) is 86.0 Å². The summed E-state index contributed by atoms with van der Waals surface area (Å²) in [7, 11) is 1.60. The Labute approximate surface area is 394 Å². The Morgan fingerprint density at radius 3 is 2.09 bits per heavy atom. The molecule has 354 valence electrons. The fourth-order valence-electron chi connectivity index (χ4n) is 9.45. The number of hydrogen-bond donors (Lipinski definition) is 3. The van der Waals surface area contributed by atoms with Crippen molar-refractivity contribution in [3.8, 4) is 28.5 Å². The van der Waals surface area contributed by atoms with E-state index < -0.39 is 34.5 Å². The average molecular weight is 925 g/mol. The number of methoxy groups -OCH3 is 1. The molecule has 4 aliphatic rings. The molecule has 5 aromatic rings. The summed E-state index contributed by atoms with van der Waals surface area (Å²) in [6.07, 6.45) is 5.45. The first-order chi connectivity index (χ1) is 32.5. The van der Waals surface area contributed by atoms with Crippen molar-refractivity contribution in [2.24, 2.45) is 22.2 Å². The van der Waals surface area contributed by atoms with Crippen LogP contribution in [0.2, 0.25) is 0 Å². The zero-order valence-electron chi connectivity index (χ0n) is 39.1. The monoisotopic (exact) mass is 924 g/mol. The normalized spacial score (nSPS) is 18.3. The topological polar surface area (TPSA) is 175 Å². The molecule has 1 aliphatic carbocycles. The van der Waals surface area contributed by atoms with Gasteiger partial charge in [-0.05, 0) is 109 Å². The Kier molecular flexibility index (Phi) is 12.3. The summed E-state index contributed by atoms with van der Waals surface area (Å²) >= 11 is 0. The number of ether oxygens (including phenoxy) is 2. The number of aromatic nitrogens is 2. The van der Waals surface area contributed by atoms with Gasteiger partial charge in [0.2, 0.25) is 29.5 Å². The smallest absolute Gasteiger partial charge is 0.245 e. The van der Waals surface area contributed by atoms with E-state index in [-0.39, 0.29) is 36.0 Å². The molecule has 68 heavy (non-hydrogen) atoms. The minimum absolute atomic E-state index is 0.0190. The molecule has 0 unspecified atom stereocenters. The first-order valence-corrected chi connectivity index (χ1v) is 23.2. The lowest BCUT2D eigenvalue weighted by molar-refractivity contribution is -0.146. The molecule has 4 fully saturated rings. The maximum atomic E-state index is 13.3. The highest BCUT2D eigenvalue weighted by Gasteiger charge is 2.57. The van der Waals surface area contributed by atoms with Gasteiger partial charge in [-0.1, -0.05) is 27.7 Å². The summed E-state index contributed by atoms with van der Waals surface area (Å²) in [6, 6.07) is 21.2. The highest BCUT2D eigenvalue weighted by atomic mass is 19.1. The third-order valence-electron chi connectivity index (χ3n) is 13.7. The molecule has 2 aromatic heterocycles. The Morgan fingerprint density at radius 2 is 1.50 bits per heavy atom. The largest absolute Gasteiger partial charge is 0.496 e. The molecule has 9 rings (SSSR count). The van der Waals surface area contributed by atoms with E-state index in [9.17, 15) is 28.4 Å². The minimum Gasteiger partial charge on any atom is -0.496 e. The van der Waals surface area contributed by atoms with Gasteiger partial charge in [0.25, 0.3) is 0 Å². The number of carbonyl (C=O) groups is 5. The van der Waals surface area contributed by atoms with Gasteiger partial charge in [-0.15, -0.1) is 0 Å². The van der Waals surface area contributed by atoms with Gasteiger partial charge in [0.05, 0.1) is 30.2 Å². The molecule has 1 spiro atoms. The van der Waals surface area contributed by atoms with Crippen molar-refractivity contribution in [1.29, 1.82) is 0 Å². The average Bonchev–Trinajstić information content (AvgIpc) is 4.00. The molecule has 1 saturated carbocycles. The summed E-state index contributed by atoms with van der Waals surface area (Å²) in [6.45, 7) is 12.3. The lowest BCUT2D eigenvalue weighted by Gasteiger charge is -2.60. The van der Waals surface area contributed by atoms with E-state index >= 15 is 0 Å². The van der Waals surface area contributed by atoms with Gasteiger partial charge in [0.1, 0.15) is 34.5 Å². The van der Waals surface area contributed by atoms with E-state index in [0.717, 1.165) is 36.1 Å². The Balaban J connectivity index is 0.762. The zero-order valence-corrected chi connectivity index (χ0v) is 39.1. The predicted molar refractivity (Wildman–Crippen MR) is 256 cm³/mol. The number of fused-ring (bicyclic) bond motifs is 1. The lowest BCUT2D eigenvalue weighted by atomic mass is 9.72. The number of rotatable bonds is 14. The highest BCUT2D eigenvalue weighted by Crippen LogP contribution is 2.48. The number of nitrogens with zero attached hydrogens (tertiary/aromatic N) is 5. The Hall–Kier alpha value is -7.10. The third kappa shape index (κ3) is 9.54. The number of halogens is 1. The first-order valence-electron chi connectivity index (χ1n) is 23.2. The molecular weight excluding hydrogens is 868 g/mol. The molecule has 5 heterocycles. The second kappa shape index (κ2) is 18.2. The summed E-state index contributed by atoms with van der Waals surface area (Å²) in [5.41, 5.74) is 2.43. The van der Waals surface area contributed by atoms with E-state index in [1.807, 2.05) is 61.0 Å². The molecule has 16 heteroatoms. The number of amides is 5. The van der Waals surface area contributed by atoms with E-state index in [0.29, 0.717) is 84.8 Å². The number of benzene rings is 3. The molecule has 2 atom stereocenters. The van der Waals surface area contributed by atoms with E-state index in [4.69, 9.17) is 14.5 Å². The Morgan fingerprint density at radius 1 is 0.824 bits per heavy atom.